The van der Waals surface area contributed by atoms with E-state index in [-0.39, 0.29) is 29.9 Å². The molecule has 0 bridgehead atoms. The van der Waals surface area contributed by atoms with Crippen LogP contribution in [0.2, 0.25) is 0 Å². The van der Waals surface area contributed by atoms with Crippen LogP contribution in [0.4, 0.5) is 0 Å². The highest BCUT2D eigenvalue weighted by atomic mass is 16.5. The summed E-state index contributed by atoms with van der Waals surface area (Å²) in [6.07, 6.45) is 1.85. The summed E-state index contributed by atoms with van der Waals surface area (Å²) in [5, 5.41) is 0. The lowest BCUT2D eigenvalue weighted by Crippen LogP contribution is -2.21. The zero-order valence-corrected chi connectivity index (χ0v) is 17.6. The molecule has 2 aliphatic heterocycles. The molecule has 0 fully saturated rings. The Morgan fingerprint density at radius 1 is 0.906 bits per heavy atom. The Bertz CT molecular complexity index is 1260. The number of methoxy groups -OCH3 is 2. The van der Waals surface area contributed by atoms with Gasteiger partial charge in [0.25, 0.3) is 0 Å². The summed E-state index contributed by atoms with van der Waals surface area (Å²) in [5.74, 6) is 1.43. The van der Waals surface area contributed by atoms with Crippen molar-refractivity contribution in [2.75, 3.05) is 14.2 Å². The average Bonchev–Trinajstić information content (AvgIpc) is 3.14. The van der Waals surface area contributed by atoms with Crippen LogP contribution in [0.1, 0.15) is 39.4 Å². The Hall–Kier alpha value is -4.06. The highest BCUT2D eigenvalue weighted by molar-refractivity contribution is 6.15. The SMILES string of the molecule is COc1ccc(/C=C2\Oc3c(ccc4c3C(c3ccccc3)CC(=O)O4)C2=O)cc1OC. The summed E-state index contributed by atoms with van der Waals surface area (Å²) in [7, 11) is 3.12. The van der Waals surface area contributed by atoms with E-state index in [0.717, 1.165) is 16.7 Å². The smallest absolute Gasteiger partial charge is 0.312 e. The number of rotatable bonds is 4. The van der Waals surface area contributed by atoms with E-state index in [4.69, 9.17) is 18.9 Å². The number of hydrogen-bond acceptors (Lipinski definition) is 6. The first-order valence-electron chi connectivity index (χ1n) is 10.2. The fourth-order valence-corrected chi connectivity index (χ4v) is 4.17. The van der Waals surface area contributed by atoms with Gasteiger partial charge in [0.05, 0.1) is 26.2 Å². The van der Waals surface area contributed by atoms with Gasteiger partial charge in [0.15, 0.2) is 17.3 Å². The number of hydrogen-bond donors (Lipinski definition) is 0. The fraction of sp³-hybridized carbons (Fsp3) is 0.154. The fourth-order valence-electron chi connectivity index (χ4n) is 4.17. The zero-order chi connectivity index (χ0) is 22.2. The van der Waals surface area contributed by atoms with Crippen molar-refractivity contribution in [2.24, 2.45) is 0 Å². The van der Waals surface area contributed by atoms with Gasteiger partial charge in [-0.1, -0.05) is 36.4 Å². The molecular weight excluding hydrogens is 408 g/mol. The molecule has 6 nitrogen and oxygen atoms in total. The summed E-state index contributed by atoms with van der Waals surface area (Å²) in [5.41, 5.74) is 2.87. The van der Waals surface area contributed by atoms with E-state index in [1.54, 1.807) is 44.6 Å². The Balaban J connectivity index is 1.58. The van der Waals surface area contributed by atoms with E-state index in [2.05, 4.69) is 0 Å². The highest BCUT2D eigenvalue weighted by Gasteiger charge is 2.38. The van der Waals surface area contributed by atoms with E-state index in [1.807, 2.05) is 36.4 Å². The molecule has 3 aromatic carbocycles. The Kier molecular flexibility index (Phi) is 4.90. The number of fused-ring (bicyclic) bond motifs is 3. The van der Waals surface area contributed by atoms with Gasteiger partial charge in [0, 0.05) is 11.5 Å². The second kappa shape index (κ2) is 7.89. The Morgan fingerprint density at radius 3 is 2.44 bits per heavy atom. The molecule has 0 aliphatic carbocycles. The van der Waals surface area contributed by atoms with Gasteiger partial charge >= 0.3 is 5.97 Å². The molecule has 2 aliphatic rings. The topological polar surface area (TPSA) is 71.1 Å². The summed E-state index contributed by atoms with van der Waals surface area (Å²) >= 11 is 0. The summed E-state index contributed by atoms with van der Waals surface area (Å²) in [4.78, 5) is 25.3. The zero-order valence-electron chi connectivity index (χ0n) is 17.6. The van der Waals surface area contributed by atoms with Gasteiger partial charge in [-0.15, -0.1) is 0 Å². The number of carbonyl (C=O) groups is 2. The molecule has 0 radical (unpaired) electrons. The molecule has 1 atom stereocenters. The second-order valence-electron chi connectivity index (χ2n) is 7.55. The van der Waals surface area contributed by atoms with Crippen molar-refractivity contribution in [3.8, 4) is 23.0 Å². The van der Waals surface area contributed by atoms with E-state index in [1.165, 1.54) is 0 Å². The Labute approximate surface area is 185 Å². The number of Topliss-reactive ketones (excluding diaryl/α,β-unsaturated/α-hetero) is 1. The van der Waals surface area contributed by atoms with Crippen LogP contribution in [-0.4, -0.2) is 26.0 Å². The summed E-state index contributed by atoms with van der Waals surface area (Å²) in [6, 6.07) is 18.4. The molecule has 0 N–H and O–H groups in total. The van der Waals surface area contributed by atoms with Crippen LogP contribution in [0.5, 0.6) is 23.0 Å². The van der Waals surface area contributed by atoms with Crippen molar-refractivity contribution in [3.63, 3.8) is 0 Å². The molecule has 0 aromatic heterocycles. The molecule has 32 heavy (non-hydrogen) atoms. The standard InChI is InChI=1S/C26H20O6/c1-29-19-10-8-15(12-21(19)30-2)13-22-25(28)17-9-11-20-24(26(17)32-22)18(14-23(27)31-20)16-6-4-3-5-7-16/h3-13,18H,14H2,1-2H3/b22-13-. The van der Waals surface area contributed by atoms with Crippen molar-refractivity contribution in [1.29, 1.82) is 0 Å². The maximum atomic E-state index is 13.1. The van der Waals surface area contributed by atoms with Crippen molar-refractivity contribution < 1.29 is 28.5 Å². The predicted octanol–water partition coefficient (Wildman–Crippen LogP) is 4.76. The van der Waals surface area contributed by atoms with Gasteiger partial charge < -0.3 is 18.9 Å². The number of carbonyl (C=O) groups excluding carboxylic acids is 2. The first kappa shape index (κ1) is 19.9. The number of esters is 1. The summed E-state index contributed by atoms with van der Waals surface area (Å²) < 4.78 is 22.2. The normalized spacial score (nSPS) is 17.9. The molecule has 0 saturated carbocycles. The maximum absolute atomic E-state index is 13.1. The second-order valence-corrected chi connectivity index (χ2v) is 7.55. The average molecular weight is 428 g/mol. The van der Waals surface area contributed by atoms with Gasteiger partial charge in [0.2, 0.25) is 5.78 Å². The minimum absolute atomic E-state index is 0.180. The van der Waals surface area contributed by atoms with Crippen LogP contribution in [0, 0.1) is 0 Å². The first-order valence-corrected chi connectivity index (χ1v) is 10.2. The third-order valence-electron chi connectivity index (χ3n) is 5.69. The van der Waals surface area contributed by atoms with Gasteiger partial charge in [-0.2, -0.15) is 0 Å². The molecule has 0 amide bonds. The predicted molar refractivity (Wildman–Crippen MR) is 117 cm³/mol. The van der Waals surface area contributed by atoms with Gasteiger partial charge in [0.1, 0.15) is 11.5 Å². The number of ketones is 1. The van der Waals surface area contributed by atoms with Crippen LogP contribution < -0.4 is 18.9 Å². The van der Waals surface area contributed by atoms with Crippen molar-refractivity contribution in [1.82, 2.24) is 0 Å². The molecule has 0 spiro atoms. The highest BCUT2D eigenvalue weighted by Crippen LogP contribution is 2.49. The first-order chi connectivity index (χ1) is 15.6. The lowest BCUT2D eigenvalue weighted by molar-refractivity contribution is -0.135. The van der Waals surface area contributed by atoms with Crippen molar-refractivity contribution >= 4 is 17.8 Å². The molecule has 3 aromatic rings. The van der Waals surface area contributed by atoms with E-state index in [0.29, 0.717) is 28.6 Å². The maximum Gasteiger partial charge on any atom is 0.312 e. The quantitative estimate of drug-likeness (QED) is 0.339. The molecule has 0 saturated heterocycles. The minimum Gasteiger partial charge on any atom is -0.493 e. The third kappa shape index (κ3) is 3.30. The molecule has 1 unspecified atom stereocenters. The Morgan fingerprint density at radius 2 is 1.69 bits per heavy atom. The molecule has 160 valence electrons. The van der Waals surface area contributed by atoms with Crippen LogP contribution in [0.25, 0.3) is 6.08 Å². The molecule has 6 heteroatoms. The number of benzene rings is 3. The number of ether oxygens (including phenoxy) is 4. The van der Waals surface area contributed by atoms with E-state index in [9.17, 15) is 9.59 Å². The van der Waals surface area contributed by atoms with Crippen LogP contribution in [-0.2, 0) is 4.79 Å². The lowest BCUT2D eigenvalue weighted by atomic mass is 9.85. The molecular formula is C26H20O6. The van der Waals surface area contributed by atoms with Crippen molar-refractivity contribution in [2.45, 2.75) is 12.3 Å². The monoisotopic (exact) mass is 428 g/mol. The summed E-state index contributed by atoms with van der Waals surface area (Å²) in [6.45, 7) is 0. The number of allylic oxidation sites excluding steroid dienone is 1. The van der Waals surface area contributed by atoms with Gasteiger partial charge in [-0.05, 0) is 41.5 Å². The lowest BCUT2D eigenvalue weighted by Gasteiger charge is -2.26. The van der Waals surface area contributed by atoms with Crippen LogP contribution in [0.15, 0.2) is 66.4 Å². The third-order valence-corrected chi connectivity index (χ3v) is 5.69. The van der Waals surface area contributed by atoms with Gasteiger partial charge in [-0.25, -0.2) is 0 Å². The largest absolute Gasteiger partial charge is 0.493 e. The minimum atomic E-state index is -0.309. The van der Waals surface area contributed by atoms with E-state index < -0.39 is 0 Å². The van der Waals surface area contributed by atoms with Gasteiger partial charge in [-0.3, -0.25) is 9.59 Å². The van der Waals surface area contributed by atoms with Crippen LogP contribution in [0.3, 0.4) is 0 Å². The van der Waals surface area contributed by atoms with E-state index >= 15 is 0 Å². The molecule has 5 rings (SSSR count). The van der Waals surface area contributed by atoms with Crippen LogP contribution >= 0.6 is 0 Å². The van der Waals surface area contributed by atoms with Crippen molar-refractivity contribution in [3.05, 3.63) is 88.7 Å². The molecule has 2 heterocycles.